The van der Waals surface area contributed by atoms with Gasteiger partial charge in [0.15, 0.2) is 0 Å². The second kappa shape index (κ2) is 6.47. The Kier molecular flexibility index (Phi) is 4.92. The molecule has 1 atom stereocenters. The second-order valence-electron chi connectivity index (χ2n) is 4.54. The third-order valence-electron chi connectivity index (χ3n) is 2.95. The number of halogens is 2. The summed E-state index contributed by atoms with van der Waals surface area (Å²) in [4.78, 5) is 0. The van der Waals surface area contributed by atoms with E-state index in [4.69, 9.17) is 27.6 Å². The summed E-state index contributed by atoms with van der Waals surface area (Å²) in [5.41, 5.74) is 2.04. The quantitative estimate of drug-likeness (QED) is 0.841. The van der Waals surface area contributed by atoms with Crippen molar-refractivity contribution in [3.8, 4) is 0 Å². The normalized spacial score (nSPS) is 12.6. The first kappa shape index (κ1) is 14.4. The summed E-state index contributed by atoms with van der Waals surface area (Å²) in [5, 5.41) is 4.87. The number of benzene rings is 1. The van der Waals surface area contributed by atoms with E-state index in [0.717, 1.165) is 29.9 Å². The molecule has 0 fully saturated rings. The molecule has 0 saturated carbocycles. The van der Waals surface area contributed by atoms with Crippen LogP contribution in [0.2, 0.25) is 10.0 Å². The van der Waals surface area contributed by atoms with Gasteiger partial charge in [-0.25, -0.2) is 0 Å². The molecule has 19 heavy (non-hydrogen) atoms. The van der Waals surface area contributed by atoms with Crippen molar-refractivity contribution in [3.63, 3.8) is 0 Å². The minimum Gasteiger partial charge on any atom is -0.469 e. The Balaban J connectivity index is 2.39. The maximum Gasteiger partial charge on any atom is 0.101 e. The summed E-state index contributed by atoms with van der Waals surface area (Å²) in [7, 11) is 0. The molecule has 1 unspecified atom stereocenters. The first-order valence-electron chi connectivity index (χ1n) is 6.35. The van der Waals surface area contributed by atoms with Crippen LogP contribution in [0.3, 0.4) is 0 Å². The fourth-order valence-corrected chi connectivity index (χ4v) is 2.45. The predicted octanol–water partition coefficient (Wildman–Crippen LogP) is 4.98. The molecule has 0 radical (unpaired) electrons. The summed E-state index contributed by atoms with van der Waals surface area (Å²) in [6.07, 6.45) is 2.81. The van der Waals surface area contributed by atoms with Crippen molar-refractivity contribution in [3.05, 3.63) is 57.5 Å². The molecule has 2 rings (SSSR count). The zero-order valence-corrected chi connectivity index (χ0v) is 12.6. The molecular formula is C15H17Cl2NO. The highest BCUT2D eigenvalue weighted by atomic mass is 35.5. The molecule has 2 nitrogen and oxygen atoms in total. The standard InChI is InChI=1S/C15H17Cl2NO/c1-3-6-18-15(11-7-10(2)19-9-11)13-8-12(16)4-5-14(13)17/h4-5,7-9,15,18H,3,6H2,1-2H3. The molecule has 1 aromatic carbocycles. The number of rotatable bonds is 5. The lowest BCUT2D eigenvalue weighted by Crippen LogP contribution is -2.23. The van der Waals surface area contributed by atoms with Crippen LogP contribution in [0.4, 0.5) is 0 Å². The first-order valence-corrected chi connectivity index (χ1v) is 7.10. The summed E-state index contributed by atoms with van der Waals surface area (Å²) in [6, 6.07) is 7.55. The zero-order chi connectivity index (χ0) is 13.8. The summed E-state index contributed by atoms with van der Waals surface area (Å²) >= 11 is 12.4. The predicted molar refractivity (Wildman–Crippen MR) is 80.0 cm³/mol. The van der Waals surface area contributed by atoms with Gasteiger partial charge in [-0.3, -0.25) is 0 Å². The maximum atomic E-state index is 6.30. The van der Waals surface area contributed by atoms with Crippen LogP contribution in [0.15, 0.2) is 34.9 Å². The van der Waals surface area contributed by atoms with Gasteiger partial charge in [-0.05, 0) is 49.7 Å². The Morgan fingerprint density at radius 2 is 2.05 bits per heavy atom. The van der Waals surface area contributed by atoms with Crippen molar-refractivity contribution < 1.29 is 4.42 Å². The van der Waals surface area contributed by atoms with Crippen molar-refractivity contribution in [2.45, 2.75) is 26.3 Å². The average Bonchev–Trinajstić information content (AvgIpc) is 2.80. The van der Waals surface area contributed by atoms with Crippen LogP contribution in [0.5, 0.6) is 0 Å². The van der Waals surface area contributed by atoms with Gasteiger partial charge in [0.05, 0.1) is 12.3 Å². The molecule has 0 aliphatic heterocycles. The number of hydrogen-bond acceptors (Lipinski definition) is 2. The van der Waals surface area contributed by atoms with Gasteiger partial charge >= 0.3 is 0 Å². The number of nitrogens with one attached hydrogen (secondary N) is 1. The topological polar surface area (TPSA) is 25.2 Å². The van der Waals surface area contributed by atoms with Crippen molar-refractivity contribution in [1.82, 2.24) is 5.32 Å². The Labute approximate surface area is 123 Å². The van der Waals surface area contributed by atoms with Crippen LogP contribution in [0, 0.1) is 6.92 Å². The maximum absolute atomic E-state index is 6.30. The van der Waals surface area contributed by atoms with Crippen molar-refractivity contribution in [2.75, 3.05) is 6.54 Å². The van der Waals surface area contributed by atoms with Crippen molar-refractivity contribution >= 4 is 23.2 Å². The van der Waals surface area contributed by atoms with Crippen LogP contribution in [0.1, 0.15) is 36.3 Å². The van der Waals surface area contributed by atoms with Crippen molar-refractivity contribution in [1.29, 1.82) is 0 Å². The molecule has 0 saturated heterocycles. The SMILES string of the molecule is CCCNC(c1coc(C)c1)c1cc(Cl)ccc1Cl. The van der Waals surface area contributed by atoms with Crippen LogP contribution in [0.25, 0.3) is 0 Å². The van der Waals surface area contributed by atoms with Crippen LogP contribution < -0.4 is 5.32 Å². The summed E-state index contributed by atoms with van der Waals surface area (Å²) in [5.74, 6) is 0.886. The van der Waals surface area contributed by atoms with Crippen LogP contribution in [-0.4, -0.2) is 6.54 Å². The highest BCUT2D eigenvalue weighted by Gasteiger charge is 2.18. The molecule has 4 heteroatoms. The van der Waals surface area contributed by atoms with Gasteiger partial charge in [0.1, 0.15) is 5.76 Å². The molecule has 0 bridgehead atoms. The highest BCUT2D eigenvalue weighted by Crippen LogP contribution is 2.31. The van der Waals surface area contributed by atoms with Gasteiger partial charge in [0.2, 0.25) is 0 Å². The Morgan fingerprint density at radius 3 is 2.68 bits per heavy atom. The van der Waals surface area contributed by atoms with E-state index in [2.05, 4.69) is 12.2 Å². The molecule has 0 aliphatic carbocycles. The molecule has 2 aromatic rings. The zero-order valence-electron chi connectivity index (χ0n) is 11.0. The molecule has 1 aromatic heterocycles. The first-order chi connectivity index (χ1) is 9.11. The average molecular weight is 298 g/mol. The van der Waals surface area contributed by atoms with Gasteiger partial charge in [0, 0.05) is 15.6 Å². The summed E-state index contributed by atoms with van der Waals surface area (Å²) < 4.78 is 5.40. The lowest BCUT2D eigenvalue weighted by atomic mass is 10.0. The van der Waals surface area contributed by atoms with E-state index in [1.165, 1.54) is 0 Å². The largest absolute Gasteiger partial charge is 0.469 e. The van der Waals surface area contributed by atoms with E-state index < -0.39 is 0 Å². The molecular weight excluding hydrogens is 281 g/mol. The third kappa shape index (κ3) is 3.53. The van der Waals surface area contributed by atoms with E-state index >= 15 is 0 Å². The fourth-order valence-electron chi connectivity index (χ4n) is 2.05. The summed E-state index contributed by atoms with van der Waals surface area (Å²) in [6.45, 7) is 4.96. The number of furan rings is 1. The smallest absolute Gasteiger partial charge is 0.101 e. The molecule has 102 valence electrons. The second-order valence-corrected chi connectivity index (χ2v) is 5.39. The van der Waals surface area contributed by atoms with Gasteiger partial charge in [-0.2, -0.15) is 0 Å². The molecule has 0 amide bonds. The van der Waals surface area contributed by atoms with Gasteiger partial charge in [0.25, 0.3) is 0 Å². The number of aryl methyl sites for hydroxylation is 1. The molecule has 1 heterocycles. The number of hydrogen-bond donors (Lipinski definition) is 1. The molecule has 1 N–H and O–H groups in total. The van der Waals surface area contributed by atoms with E-state index in [-0.39, 0.29) is 6.04 Å². The Hall–Kier alpha value is -0.960. The fraction of sp³-hybridized carbons (Fsp3) is 0.333. The monoisotopic (exact) mass is 297 g/mol. The van der Waals surface area contributed by atoms with E-state index in [1.54, 1.807) is 12.3 Å². The van der Waals surface area contributed by atoms with Gasteiger partial charge in [-0.1, -0.05) is 30.1 Å². The highest BCUT2D eigenvalue weighted by molar-refractivity contribution is 6.33. The minimum absolute atomic E-state index is 0.00333. The van der Waals surface area contributed by atoms with E-state index in [9.17, 15) is 0 Å². The Bertz CT molecular complexity index is 551. The lowest BCUT2D eigenvalue weighted by Gasteiger charge is -2.19. The Morgan fingerprint density at radius 1 is 1.26 bits per heavy atom. The van der Waals surface area contributed by atoms with E-state index in [0.29, 0.717) is 10.0 Å². The van der Waals surface area contributed by atoms with Crippen LogP contribution >= 0.6 is 23.2 Å². The van der Waals surface area contributed by atoms with Crippen molar-refractivity contribution in [2.24, 2.45) is 0 Å². The lowest BCUT2D eigenvalue weighted by molar-refractivity contribution is 0.524. The van der Waals surface area contributed by atoms with Crippen LogP contribution in [-0.2, 0) is 0 Å². The third-order valence-corrected chi connectivity index (χ3v) is 3.53. The minimum atomic E-state index is 0.00333. The van der Waals surface area contributed by atoms with Gasteiger partial charge in [-0.15, -0.1) is 0 Å². The molecule has 0 spiro atoms. The van der Waals surface area contributed by atoms with E-state index in [1.807, 2.05) is 25.1 Å². The van der Waals surface area contributed by atoms with Gasteiger partial charge < -0.3 is 9.73 Å². The molecule has 0 aliphatic rings.